The van der Waals surface area contributed by atoms with Crippen LogP contribution in [0.2, 0.25) is 0 Å². The van der Waals surface area contributed by atoms with Gasteiger partial charge in [0.05, 0.1) is 11.0 Å². The van der Waals surface area contributed by atoms with Crippen LogP contribution in [0.15, 0.2) is 59.6 Å². The number of aliphatic imine (C=N–C) groups is 1. The van der Waals surface area contributed by atoms with Crippen molar-refractivity contribution in [2.45, 2.75) is 25.3 Å². The maximum Gasteiger partial charge on any atom is 0.191 e. The molecule has 0 amide bonds. The van der Waals surface area contributed by atoms with Gasteiger partial charge < -0.3 is 20.5 Å². The van der Waals surface area contributed by atoms with Crippen LogP contribution in [-0.4, -0.2) is 48.7 Å². The predicted octanol–water partition coefficient (Wildman–Crippen LogP) is 2.94. The van der Waals surface area contributed by atoms with Crippen molar-refractivity contribution < 1.29 is 0 Å². The summed E-state index contributed by atoms with van der Waals surface area (Å²) in [7, 11) is 1.83. The Balaban J connectivity index is 1.21. The van der Waals surface area contributed by atoms with Crippen molar-refractivity contribution in [3.05, 3.63) is 60.4 Å². The zero-order valence-corrected chi connectivity index (χ0v) is 16.4. The molecule has 0 spiro atoms. The minimum absolute atomic E-state index is 0.418. The van der Waals surface area contributed by atoms with Crippen molar-refractivity contribution in [1.29, 1.82) is 0 Å². The van der Waals surface area contributed by atoms with E-state index in [0.717, 1.165) is 61.7 Å². The normalized spacial score (nSPS) is 17.2. The molecule has 1 aromatic heterocycles. The number of aromatic amines is 1. The van der Waals surface area contributed by atoms with Crippen LogP contribution in [0.3, 0.4) is 0 Å². The van der Waals surface area contributed by atoms with Crippen LogP contribution >= 0.6 is 0 Å². The van der Waals surface area contributed by atoms with E-state index in [0.29, 0.717) is 6.04 Å². The number of aryl methyl sites for hydroxylation is 1. The molecular formula is C22H28N6. The van der Waals surface area contributed by atoms with Crippen molar-refractivity contribution in [2.24, 2.45) is 4.99 Å². The highest BCUT2D eigenvalue weighted by Crippen LogP contribution is 2.19. The van der Waals surface area contributed by atoms with Gasteiger partial charge in [-0.15, -0.1) is 0 Å². The maximum atomic E-state index is 4.64. The minimum atomic E-state index is 0.418. The average Bonchev–Trinajstić information content (AvgIpc) is 3.37. The van der Waals surface area contributed by atoms with Gasteiger partial charge in [0.1, 0.15) is 5.82 Å². The molecule has 0 aliphatic carbocycles. The van der Waals surface area contributed by atoms with Crippen LogP contribution in [0.4, 0.5) is 5.69 Å². The Morgan fingerprint density at radius 1 is 1.18 bits per heavy atom. The van der Waals surface area contributed by atoms with Crippen molar-refractivity contribution in [3.8, 4) is 0 Å². The molecular weight excluding hydrogens is 348 g/mol. The summed E-state index contributed by atoms with van der Waals surface area (Å²) in [5, 5.41) is 6.99. The molecule has 1 atom stereocenters. The summed E-state index contributed by atoms with van der Waals surface area (Å²) in [5.41, 5.74) is 3.43. The highest BCUT2D eigenvalue weighted by molar-refractivity contribution is 5.80. The number of para-hydroxylation sites is 3. The van der Waals surface area contributed by atoms with Crippen LogP contribution in [0.25, 0.3) is 11.0 Å². The first-order valence-corrected chi connectivity index (χ1v) is 10.0. The Morgan fingerprint density at radius 2 is 2.00 bits per heavy atom. The number of hydrogen-bond acceptors (Lipinski definition) is 3. The Hall–Kier alpha value is -3.02. The monoisotopic (exact) mass is 376 g/mol. The van der Waals surface area contributed by atoms with Gasteiger partial charge in [-0.1, -0.05) is 30.3 Å². The van der Waals surface area contributed by atoms with Crippen molar-refractivity contribution >= 4 is 22.7 Å². The molecule has 0 radical (unpaired) electrons. The first-order chi connectivity index (χ1) is 13.8. The number of aromatic nitrogens is 2. The van der Waals surface area contributed by atoms with E-state index >= 15 is 0 Å². The molecule has 0 bridgehead atoms. The highest BCUT2D eigenvalue weighted by Gasteiger charge is 2.23. The van der Waals surface area contributed by atoms with Crippen LogP contribution in [-0.2, 0) is 6.42 Å². The standard InChI is InChI=1S/C22H28N6/c1-23-22(25-17-13-15-28(16-17)18-8-3-2-4-9-18)24-14-7-12-21-26-19-10-5-6-11-20(19)27-21/h2-6,8-11,17H,7,12-16H2,1H3,(H,26,27)(H2,23,24,25). The summed E-state index contributed by atoms with van der Waals surface area (Å²) < 4.78 is 0. The van der Waals surface area contributed by atoms with Crippen molar-refractivity contribution in [1.82, 2.24) is 20.6 Å². The second-order valence-electron chi connectivity index (χ2n) is 7.21. The first-order valence-electron chi connectivity index (χ1n) is 10.0. The predicted molar refractivity (Wildman–Crippen MR) is 116 cm³/mol. The third kappa shape index (κ3) is 4.44. The van der Waals surface area contributed by atoms with Gasteiger partial charge >= 0.3 is 0 Å². The second kappa shape index (κ2) is 8.78. The number of rotatable bonds is 6. The van der Waals surface area contributed by atoms with E-state index in [2.05, 4.69) is 66.9 Å². The third-order valence-corrected chi connectivity index (χ3v) is 5.20. The zero-order chi connectivity index (χ0) is 19.2. The highest BCUT2D eigenvalue weighted by atomic mass is 15.2. The fourth-order valence-corrected chi connectivity index (χ4v) is 3.73. The van der Waals surface area contributed by atoms with Gasteiger partial charge in [-0.2, -0.15) is 0 Å². The van der Waals surface area contributed by atoms with Gasteiger partial charge in [0, 0.05) is 44.8 Å². The smallest absolute Gasteiger partial charge is 0.191 e. The van der Waals surface area contributed by atoms with E-state index in [1.807, 2.05) is 25.2 Å². The number of nitrogens with one attached hydrogen (secondary N) is 3. The molecule has 146 valence electrons. The molecule has 28 heavy (non-hydrogen) atoms. The number of guanidine groups is 1. The molecule has 3 aromatic rings. The van der Waals surface area contributed by atoms with E-state index in [1.165, 1.54) is 5.69 Å². The summed E-state index contributed by atoms with van der Waals surface area (Å²) in [6.07, 6.45) is 3.04. The molecule has 6 heteroatoms. The number of benzene rings is 2. The number of hydrogen-bond donors (Lipinski definition) is 3. The van der Waals surface area contributed by atoms with Gasteiger partial charge in [-0.3, -0.25) is 4.99 Å². The number of imidazole rings is 1. The lowest BCUT2D eigenvalue weighted by Crippen LogP contribution is -2.44. The Bertz CT molecular complexity index is 884. The van der Waals surface area contributed by atoms with Gasteiger partial charge in [0.25, 0.3) is 0 Å². The molecule has 2 heterocycles. The van der Waals surface area contributed by atoms with E-state index < -0.39 is 0 Å². The SMILES string of the molecule is CN=C(NCCCc1nc2ccccc2[nH]1)NC1CCN(c2ccccc2)C1. The van der Waals surface area contributed by atoms with E-state index in [1.54, 1.807) is 0 Å². The number of nitrogens with zero attached hydrogens (tertiary/aromatic N) is 3. The van der Waals surface area contributed by atoms with Crippen LogP contribution < -0.4 is 15.5 Å². The average molecular weight is 377 g/mol. The van der Waals surface area contributed by atoms with Gasteiger partial charge in [0.15, 0.2) is 5.96 Å². The summed E-state index contributed by atoms with van der Waals surface area (Å²) in [6.45, 7) is 2.94. The molecule has 6 nitrogen and oxygen atoms in total. The molecule has 1 fully saturated rings. The molecule has 1 aliphatic rings. The van der Waals surface area contributed by atoms with E-state index in [-0.39, 0.29) is 0 Å². The lowest BCUT2D eigenvalue weighted by atomic mass is 10.2. The molecule has 3 N–H and O–H groups in total. The lowest BCUT2D eigenvalue weighted by molar-refractivity contribution is 0.641. The summed E-state index contributed by atoms with van der Waals surface area (Å²) in [6, 6.07) is 19.2. The third-order valence-electron chi connectivity index (χ3n) is 5.20. The van der Waals surface area contributed by atoms with Gasteiger partial charge in [0.2, 0.25) is 0 Å². The number of anilines is 1. The van der Waals surface area contributed by atoms with E-state index in [4.69, 9.17) is 0 Å². The summed E-state index contributed by atoms with van der Waals surface area (Å²) >= 11 is 0. The Morgan fingerprint density at radius 3 is 2.82 bits per heavy atom. The summed E-state index contributed by atoms with van der Waals surface area (Å²) in [4.78, 5) is 14.8. The van der Waals surface area contributed by atoms with Gasteiger partial charge in [-0.25, -0.2) is 4.98 Å². The fourth-order valence-electron chi connectivity index (χ4n) is 3.73. The number of H-pyrrole nitrogens is 1. The van der Waals surface area contributed by atoms with Crippen LogP contribution in [0.5, 0.6) is 0 Å². The van der Waals surface area contributed by atoms with Crippen LogP contribution in [0, 0.1) is 0 Å². The molecule has 1 saturated heterocycles. The van der Waals surface area contributed by atoms with Crippen molar-refractivity contribution in [2.75, 3.05) is 31.6 Å². The second-order valence-corrected chi connectivity index (χ2v) is 7.21. The molecule has 4 rings (SSSR count). The molecule has 2 aromatic carbocycles. The topological polar surface area (TPSA) is 68.3 Å². The lowest BCUT2D eigenvalue weighted by Gasteiger charge is -2.20. The van der Waals surface area contributed by atoms with E-state index in [9.17, 15) is 0 Å². The minimum Gasteiger partial charge on any atom is -0.369 e. The largest absolute Gasteiger partial charge is 0.369 e. The molecule has 0 saturated carbocycles. The Kier molecular flexibility index (Phi) is 5.75. The molecule has 1 unspecified atom stereocenters. The Labute approximate surface area is 166 Å². The van der Waals surface area contributed by atoms with Crippen LogP contribution in [0.1, 0.15) is 18.7 Å². The summed E-state index contributed by atoms with van der Waals surface area (Å²) in [5.74, 6) is 1.92. The maximum absolute atomic E-state index is 4.64. The first kappa shape index (κ1) is 18.3. The van der Waals surface area contributed by atoms with Crippen molar-refractivity contribution in [3.63, 3.8) is 0 Å². The zero-order valence-electron chi connectivity index (χ0n) is 16.4. The number of fused-ring (bicyclic) bond motifs is 1. The fraction of sp³-hybridized carbons (Fsp3) is 0.364. The van der Waals surface area contributed by atoms with Gasteiger partial charge in [-0.05, 0) is 37.1 Å². The molecule has 1 aliphatic heterocycles. The quantitative estimate of drug-likeness (QED) is 0.351.